The van der Waals surface area contributed by atoms with Crippen LogP contribution in [0.5, 0.6) is 5.75 Å². The molecule has 1 N–H and O–H groups in total. The maximum Gasteiger partial charge on any atom is 0.348 e. The summed E-state index contributed by atoms with van der Waals surface area (Å²) in [5.41, 5.74) is 2.73. The van der Waals surface area contributed by atoms with Crippen LogP contribution in [0.2, 0.25) is 0 Å². The van der Waals surface area contributed by atoms with Crippen LogP contribution >= 0.6 is 23.1 Å². The number of aromatic nitrogens is 2. The minimum absolute atomic E-state index is 0.0361. The van der Waals surface area contributed by atoms with Crippen molar-refractivity contribution in [3.05, 3.63) is 74.9 Å². The number of amides is 1. The molecule has 2 aromatic heterocycles. The number of carbonyl (C=O) groups excluding carboxylic acids is 2. The molecule has 0 atom stereocenters. The Bertz CT molecular complexity index is 1560. The third kappa shape index (κ3) is 6.26. The van der Waals surface area contributed by atoms with Crippen molar-refractivity contribution in [3.63, 3.8) is 0 Å². The molecular formula is C28H30N4O5S2. The van der Waals surface area contributed by atoms with Gasteiger partial charge in [-0.05, 0) is 49.7 Å². The summed E-state index contributed by atoms with van der Waals surface area (Å²) in [6.07, 6.45) is 0. The van der Waals surface area contributed by atoms with Crippen LogP contribution in [0.1, 0.15) is 27.7 Å². The van der Waals surface area contributed by atoms with E-state index in [0.717, 1.165) is 34.3 Å². The number of rotatable bonds is 10. The lowest BCUT2D eigenvalue weighted by molar-refractivity contribution is -0.113. The van der Waals surface area contributed by atoms with Crippen molar-refractivity contribution >= 4 is 56.6 Å². The van der Waals surface area contributed by atoms with E-state index in [1.54, 1.807) is 21.0 Å². The summed E-state index contributed by atoms with van der Waals surface area (Å²) in [7, 11) is 5.47. The van der Waals surface area contributed by atoms with Gasteiger partial charge in [-0.2, -0.15) is 0 Å². The van der Waals surface area contributed by atoms with Crippen LogP contribution in [0, 0.1) is 6.92 Å². The molecule has 39 heavy (non-hydrogen) atoms. The fourth-order valence-corrected chi connectivity index (χ4v) is 5.93. The highest BCUT2D eigenvalue weighted by Crippen LogP contribution is 2.31. The van der Waals surface area contributed by atoms with E-state index in [1.165, 1.54) is 4.57 Å². The summed E-state index contributed by atoms with van der Waals surface area (Å²) in [6.45, 7) is 3.87. The fourth-order valence-electron chi connectivity index (χ4n) is 4.01. The van der Waals surface area contributed by atoms with Crippen molar-refractivity contribution in [3.8, 4) is 5.75 Å². The number of para-hydroxylation sites is 1. The molecule has 0 radical (unpaired) electrons. The number of esters is 1. The Morgan fingerprint density at radius 2 is 1.85 bits per heavy atom. The molecule has 0 unspecified atom stereocenters. The molecule has 2 heterocycles. The average Bonchev–Trinajstić information content (AvgIpc) is 3.26. The number of fused-ring (bicyclic) bond motifs is 1. The fraction of sp³-hybridized carbons (Fsp3) is 0.286. The zero-order valence-electron chi connectivity index (χ0n) is 22.4. The number of nitrogens with zero attached hydrogens (tertiary/aromatic N) is 3. The molecule has 0 aliphatic rings. The first-order valence-electron chi connectivity index (χ1n) is 12.3. The van der Waals surface area contributed by atoms with E-state index in [1.807, 2.05) is 67.5 Å². The van der Waals surface area contributed by atoms with Crippen LogP contribution in [0.3, 0.4) is 0 Å². The Morgan fingerprint density at radius 1 is 1.13 bits per heavy atom. The lowest BCUT2D eigenvalue weighted by Gasteiger charge is -2.15. The lowest BCUT2D eigenvalue weighted by Crippen LogP contribution is -2.25. The number of hydrogen-bond acceptors (Lipinski definition) is 9. The summed E-state index contributed by atoms with van der Waals surface area (Å²) in [5, 5.41) is 3.62. The second-order valence-electron chi connectivity index (χ2n) is 8.83. The van der Waals surface area contributed by atoms with Crippen LogP contribution in [0.4, 0.5) is 11.4 Å². The normalized spacial score (nSPS) is 10.9. The highest BCUT2D eigenvalue weighted by molar-refractivity contribution is 7.99. The van der Waals surface area contributed by atoms with E-state index < -0.39 is 5.97 Å². The number of nitrogens with one attached hydrogen (secondary N) is 1. The summed E-state index contributed by atoms with van der Waals surface area (Å²) in [4.78, 5) is 46.6. The van der Waals surface area contributed by atoms with Gasteiger partial charge in [0, 0.05) is 31.0 Å². The molecule has 2 aromatic carbocycles. The van der Waals surface area contributed by atoms with E-state index >= 15 is 0 Å². The molecule has 0 spiro atoms. The average molecular weight is 567 g/mol. The summed E-state index contributed by atoms with van der Waals surface area (Å²) >= 11 is 2.28. The first-order valence-corrected chi connectivity index (χ1v) is 14.1. The van der Waals surface area contributed by atoms with Gasteiger partial charge in [0.05, 0.1) is 31.4 Å². The molecule has 0 saturated heterocycles. The van der Waals surface area contributed by atoms with Crippen LogP contribution in [0.25, 0.3) is 10.2 Å². The number of thioether (sulfide) groups is 1. The van der Waals surface area contributed by atoms with Crippen molar-refractivity contribution in [2.75, 3.05) is 43.8 Å². The van der Waals surface area contributed by atoms with Gasteiger partial charge in [0.2, 0.25) is 5.91 Å². The second kappa shape index (κ2) is 12.4. The Labute approximate surface area is 234 Å². The van der Waals surface area contributed by atoms with E-state index in [2.05, 4.69) is 5.32 Å². The molecule has 1 amide bonds. The number of thiophene rings is 1. The van der Waals surface area contributed by atoms with Crippen LogP contribution in [-0.2, 0) is 16.1 Å². The zero-order valence-corrected chi connectivity index (χ0v) is 24.1. The van der Waals surface area contributed by atoms with Gasteiger partial charge in [0.15, 0.2) is 5.16 Å². The van der Waals surface area contributed by atoms with E-state index in [-0.39, 0.29) is 30.4 Å². The van der Waals surface area contributed by atoms with Gasteiger partial charge in [-0.1, -0.05) is 30.0 Å². The Balaban J connectivity index is 1.68. The maximum absolute atomic E-state index is 13.8. The highest BCUT2D eigenvalue weighted by atomic mass is 32.2. The number of carbonyl (C=O) groups is 2. The molecule has 9 nitrogen and oxygen atoms in total. The lowest BCUT2D eigenvalue weighted by atomic mass is 10.2. The molecule has 0 fully saturated rings. The quantitative estimate of drug-likeness (QED) is 0.166. The number of aryl methyl sites for hydroxylation is 1. The number of ether oxygens (including phenoxy) is 2. The maximum atomic E-state index is 13.8. The van der Waals surface area contributed by atoms with Crippen LogP contribution in [-0.4, -0.2) is 55.0 Å². The van der Waals surface area contributed by atoms with Crippen molar-refractivity contribution in [2.24, 2.45) is 0 Å². The number of hydrogen-bond donors (Lipinski definition) is 1. The van der Waals surface area contributed by atoms with E-state index in [0.29, 0.717) is 37.3 Å². The van der Waals surface area contributed by atoms with Gasteiger partial charge in [0.1, 0.15) is 15.5 Å². The predicted molar refractivity (Wildman–Crippen MR) is 157 cm³/mol. The van der Waals surface area contributed by atoms with Crippen LogP contribution in [0.15, 0.2) is 58.5 Å². The van der Waals surface area contributed by atoms with Crippen molar-refractivity contribution < 1.29 is 19.1 Å². The first-order chi connectivity index (χ1) is 18.7. The number of methoxy groups -OCH3 is 1. The van der Waals surface area contributed by atoms with Gasteiger partial charge in [-0.3, -0.25) is 14.2 Å². The summed E-state index contributed by atoms with van der Waals surface area (Å²) in [5.74, 6) is -0.0458. The van der Waals surface area contributed by atoms with Gasteiger partial charge >= 0.3 is 5.97 Å². The van der Waals surface area contributed by atoms with Crippen LogP contribution < -0.4 is 20.5 Å². The summed E-state index contributed by atoms with van der Waals surface area (Å²) in [6, 6.07) is 14.9. The zero-order chi connectivity index (χ0) is 28.1. The highest BCUT2D eigenvalue weighted by Gasteiger charge is 2.23. The monoisotopic (exact) mass is 566 g/mol. The Morgan fingerprint density at radius 3 is 2.51 bits per heavy atom. The third-order valence-electron chi connectivity index (χ3n) is 6.00. The molecular weight excluding hydrogens is 536 g/mol. The topological polar surface area (TPSA) is 103 Å². The Hall–Kier alpha value is -3.83. The van der Waals surface area contributed by atoms with Gasteiger partial charge in [0.25, 0.3) is 5.56 Å². The molecule has 0 aliphatic heterocycles. The molecule has 4 rings (SSSR count). The minimum Gasteiger partial charge on any atom is -0.496 e. The molecule has 0 saturated carbocycles. The molecule has 0 bridgehead atoms. The predicted octanol–water partition coefficient (Wildman–Crippen LogP) is 4.80. The largest absolute Gasteiger partial charge is 0.496 e. The molecule has 4 aromatic rings. The molecule has 0 aliphatic carbocycles. The van der Waals surface area contributed by atoms with E-state index in [4.69, 9.17) is 14.5 Å². The first kappa shape index (κ1) is 28.2. The molecule has 11 heteroatoms. The number of anilines is 2. The second-order valence-corrected chi connectivity index (χ2v) is 10.8. The van der Waals surface area contributed by atoms with E-state index in [9.17, 15) is 14.4 Å². The number of benzene rings is 2. The van der Waals surface area contributed by atoms with Crippen molar-refractivity contribution in [1.29, 1.82) is 0 Å². The van der Waals surface area contributed by atoms with Gasteiger partial charge in [-0.25, -0.2) is 9.78 Å². The van der Waals surface area contributed by atoms with Crippen molar-refractivity contribution in [2.45, 2.75) is 25.5 Å². The van der Waals surface area contributed by atoms with Gasteiger partial charge < -0.3 is 19.7 Å². The van der Waals surface area contributed by atoms with Gasteiger partial charge in [-0.15, -0.1) is 11.3 Å². The standard InChI is InChI=1S/C28H30N4O5S2/c1-6-37-27(35)24-17(2)23-25(39-24)30-28(32(26(23)34)15-18-9-7-8-10-21(18)36-5)38-16-22(33)29-19-11-13-20(14-12-19)31(3)4/h7-14H,6,15-16H2,1-5H3,(H,29,33). The summed E-state index contributed by atoms with van der Waals surface area (Å²) < 4.78 is 12.2. The SMILES string of the molecule is CCOC(=O)c1sc2nc(SCC(=O)Nc3ccc(N(C)C)cc3)n(Cc3ccccc3OC)c(=O)c2c1C. The Kier molecular flexibility index (Phi) is 8.93. The molecule has 204 valence electrons. The smallest absolute Gasteiger partial charge is 0.348 e. The third-order valence-corrected chi connectivity index (χ3v) is 8.14. The van der Waals surface area contributed by atoms with Crippen molar-refractivity contribution in [1.82, 2.24) is 9.55 Å². The minimum atomic E-state index is -0.484.